The monoisotopic (exact) mass is 595 g/mol. The lowest BCUT2D eigenvalue weighted by atomic mass is 10.2. The Hall–Kier alpha value is -0.220. The molecule has 0 aliphatic rings. The Labute approximate surface area is 200 Å². The molecule has 0 heterocycles. The van der Waals surface area contributed by atoms with Crippen LogP contribution in [0.15, 0.2) is 42.5 Å². The number of hydrogen-bond donors (Lipinski definition) is 3. The lowest BCUT2D eigenvalue weighted by molar-refractivity contribution is 0.0934. The van der Waals surface area contributed by atoms with E-state index < -0.39 is 15.9 Å². The number of benzene rings is 2. The number of carbonyl (C=O) groups is 1. The Kier molecular flexibility index (Phi) is 8.54. The molecular weight excluding hydrogens is 586 g/mol. The molecule has 0 bridgehead atoms. The van der Waals surface area contributed by atoms with Crippen LogP contribution in [0, 0.1) is 3.57 Å². The van der Waals surface area contributed by atoms with Gasteiger partial charge in [0.1, 0.15) is 6.17 Å². The van der Waals surface area contributed by atoms with Crippen molar-refractivity contribution in [2.45, 2.75) is 9.96 Å². The quantitative estimate of drug-likeness (QED) is 0.175. The van der Waals surface area contributed by atoms with Crippen molar-refractivity contribution in [3.8, 4) is 0 Å². The van der Waals surface area contributed by atoms with Gasteiger partial charge in [-0.2, -0.15) is 0 Å². The summed E-state index contributed by atoms with van der Waals surface area (Å²) in [5, 5.41) is 9.14. The predicted molar refractivity (Wildman–Crippen MR) is 127 cm³/mol. The summed E-state index contributed by atoms with van der Waals surface area (Å²) in [6, 6.07) is 11.8. The van der Waals surface area contributed by atoms with Crippen molar-refractivity contribution in [2.75, 3.05) is 5.32 Å². The molecule has 144 valence electrons. The second-order valence-electron chi connectivity index (χ2n) is 5.18. The maximum atomic E-state index is 12.4. The second-order valence-corrected chi connectivity index (χ2v) is 10.0. The van der Waals surface area contributed by atoms with E-state index in [4.69, 9.17) is 70.2 Å². The highest BCUT2D eigenvalue weighted by atomic mass is 127. The van der Waals surface area contributed by atoms with Crippen LogP contribution in [0.1, 0.15) is 10.4 Å². The van der Waals surface area contributed by atoms with Gasteiger partial charge in [-0.3, -0.25) is 4.79 Å². The Balaban J connectivity index is 2.07. The minimum Gasteiger partial charge on any atom is -0.339 e. The molecule has 0 spiro atoms. The van der Waals surface area contributed by atoms with Crippen molar-refractivity contribution < 1.29 is 4.79 Å². The molecule has 0 saturated carbocycles. The number of nitrogens with one attached hydrogen (secondary N) is 3. The molecule has 2 rings (SSSR count). The Morgan fingerprint density at radius 3 is 2.19 bits per heavy atom. The molecule has 4 nitrogen and oxygen atoms in total. The van der Waals surface area contributed by atoms with Crippen LogP contribution in [0.2, 0.25) is 10.0 Å². The van der Waals surface area contributed by atoms with Crippen LogP contribution in [0.3, 0.4) is 0 Å². The molecular formula is C16H11Cl5IN3OS. The summed E-state index contributed by atoms with van der Waals surface area (Å²) in [7, 11) is 0. The van der Waals surface area contributed by atoms with E-state index in [-0.39, 0.29) is 5.11 Å². The molecule has 3 N–H and O–H groups in total. The van der Waals surface area contributed by atoms with Gasteiger partial charge < -0.3 is 16.0 Å². The van der Waals surface area contributed by atoms with E-state index in [1.54, 1.807) is 42.5 Å². The third-order valence-electron chi connectivity index (χ3n) is 3.16. The number of hydrogen-bond acceptors (Lipinski definition) is 2. The molecule has 2 aromatic carbocycles. The normalized spacial score (nSPS) is 12.2. The maximum absolute atomic E-state index is 12.4. The van der Waals surface area contributed by atoms with Crippen LogP contribution < -0.4 is 16.0 Å². The fraction of sp³-hybridized carbons (Fsp3) is 0.125. The highest BCUT2D eigenvalue weighted by Gasteiger charge is 2.34. The second kappa shape index (κ2) is 10.0. The van der Waals surface area contributed by atoms with Gasteiger partial charge in [0.05, 0.1) is 10.0 Å². The molecule has 0 aliphatic carbocycles. The lowest BCUT2D eigenvalue weighted by Crippen LogP contribution is -2.56. The minimum absolute atomic E-state index is 0.118. The van der Waals surface area contributed by atoms with Gasteiger partial charge in [-0.1, -0.05) is 58.0 Å². The third kappa shape index (κ3) is 7.27. The number of alkyl halides is 3. The molecule has 0 aliphatic heterocycles. The van der Waals surface area contributed by atoms with Gasteiger partial charge in [-0.15, -0.1) is 0 Å². The topological polar surface area (TPSA) is 53.2 Å². The van der Waals surface area contributed by atoms with E-state index >= 15 is 0 Å². The molecule has 1 atom stereocenters. The predicted octanol–water partition coefficient (Wildman–Crippen LogP) is 6.01. The Bertz CT molecular complexity index is 845. The van der Waals surface area contributed by atoms with Crippen molar-refractivity contribution in [3.63, 3.8) is 0 Å². The highest BCUT2D eigenvalue weighted by Crippen LogP contribution is 2.30. The van der Waals surface area contributed by atoms with Gasteiger partial charge in [-0.05, 0) is 77.3 Å². The Morgan fingerprint density at radius 2 is 1.63 bits per heavy atom. The molecule has 11 heteroatoms. The zero-order valence-electron chi connectivity index (χ0n) is 13.2. The van der Waals surface area contributed by atoms with Gasteiger partial charge in [0.2, 0.25) is 3.79 Å². The van der Waals surface area contributed by atoms with E-state index in [2.05, 4.69) is 38.5 Å². The number of anilines is 1. The molecule has 0 aromatic heterocycles. The van der Waals surface area contributed by atoms with Gasteiger partial charge in [0.15, 0.2) is 5.11 Å². The summed E-state index contributed by atoms with van der Waals surface area (Å²) in [5.74, 6) is -0.424. The molecule has 27 heavy (non-hydrogen) atoms. The van der Waals surface area contributed by atoms with Crippen molar-refractivity contribution in [1.29, 1.82) is 0 Å². The SMILES string of the molecule is O=C(N[C@H](NC(=S)Nc1ccc(Cl)c(Cl)c1)C(Cl)(Cl)Cl)c1ccc(I)cc1. The van der Waals surface area contributed by atoms with E-state index in [0.29, 0.717) is 21.3 Å². The first kappa shape index (κ1) is 23.1. The van der Waals surface area contributed by atoms with Gasteiger partial charge in [-0.25, -0.2) is 0 Å². The van der Waals surface area contributed by atoms with Crippen LogP contribution >= 0.6 is 92.8 Å². The summed E-state index contributed by atoms with van der Waals surface area (Å²) in [5.41, 5.74) is 0.994. The molecule has 0 fully saturated rings. The largest absolute Gasteiger partial charge is 0.339 e. The van der Waals surface area contributed by atoms with Crippen LogP contribution in [0.25, 0.3) is 0 Å². The lowest BCUT2D eigenvalue weighted by Gasteiger charge is -2.27. The number of thiocarbonyl (C=S) groups is 1. The summed E-state index contributed by atoms with van der Waals surface area (Å²) in [4.78, 5) is 12.4. The third-order valence-corrected chi connectivity index (χ3v) is 5.49. The average molecular weight is 598 g/mol. The fourth-order valence-electron chi connectivity index (χ4n) is 1.89. The van der Waals surface area contributed by atoms with Gasteiger partial charge in [0.25, 0.3) is 5.91 Å². The molecule has 2 aromatic rings. The molecule has 0 saturated heterocycles. The van der Waals surface area contributed by atoms with Crippen molar-refractivity contribution in [1.82, 2.24) is 10.6 Å². The van der Waals surface area contributed by atoms with Crippen LogP contribution in [0.5, 0.6) is 0 Å². The van der Waals surface area contributed by atoms with Crippen LogP contribution in [0.4, 0.5) is 5.69 Å². The molecule has 0 radical (unpaired) electrons. The maximum Gasteiger partial charge on any atom is 0.252 e. The highest BCUT2D eigenvalue weighted by molar-refractivity contribution is 14.1. The fourth-order valence-corrected chi connectivity index (χ4v) is 3.11. The van der Waals surface area contributed by atoms with Gasteiger partial charge >= 0.3 is 0 Å². The number of halogens is 6. The van der Waals surface area contributed by atoms with Crippen LogP contribution in [-0.2, 0) is 0 Å². The smallest absolute Gasteiger partial charge is 0.252 e. The molecule has 0 unspecified atom stereocenters. The Morgan fingerprint density at radius 1 is 1.00 bits per heavy atom. The van der Waals surface area contributed by atoms with Crippen LogP contribution in [-0.4, -0.2) is 21.0 Å². The van der Waals surface area contributed by atoms with Crippen molar-refractivity contribution in [3.05, 3.63) is 61.6 Å². The number of amides is 1. The van der Waals surface area contributed by atoms with E-state index in [0.717, 1.165) is 3.57 Å². The summed E-state index contributed by atoms with van der Waals surface area (Å²) >= 11 is 37.1. The van der Waals surface area contributed by atoms with Crippen molar-refractivity contribution >= 4 is 110 Å². The van der Waals surface area contributed by atoms with Gasteiger partial charge in [0, 0.05) is 14.8 Å². The first-order valence-corrected chi connectivity index (χ1v) is 10.6. The minimum atomic E-state index is -1.86. The summed E-state index contributed by atoms with van der Waals surface area (Å²) in [6.45, 7) is 0. The zero-order chi connectivity index (χ0) is 20.2. The zero-order valence-corrected chi connectivity index (χ0v) is 20.0. The van der Waals surface area contributed by atoms with Crippen molar-refractivity contribution in [2.24, 2.45) is 0 Å². The van der Waals surface area contributed by atoms with E-state index in [1.807, 2.05) is 0 Å². The first-order chi connectivity index (χ1) is 12.6. The average Bonchev–Trinajstić information content (AvgIpc) is 2.57. The number of rotatable bonds is 4. The molecule has 1 amide bonds. The van der Waals surface area contributed by atoms with E-state index in [1.165, 1.54) is 0 Å². The summed E-state index contributed by atoms with van der Waals surface area (Å²) < 4.78 is -0.866. The first-order valence-electron chi connectivity index (χ1n) is 7.22. The van der Waals surface area contributed by atoms with E-state index in [9.17, 15) is 4.79 Å². The summed E-state index contributed by atoms with van der Waals surface area (Å²) in [6.07, 6.45) is -1.09. The number of carbonyl (C=O) groups excluding carboxylic acids is 1. The standard InChI is InChI=1S/C16H11Cl5IN3OS/c17-11-6-5-10(7-12(11)18)23-15(27)25-14(16(19,20)21)24-13(26)8-1-3-9(22)4-2-8/h1-7,14H,(H,24,26)(H2,23,25,27)/t14-/m1/s1.